The van der Waals surface area contributed by atoms with Crippen LogP contribution in [0.5, 0.6) is 0 Å². The number of carboxylic acid groups (broad SMARTS) is 1. The molecule has 0 amide bonds. The Morgan fingerprint density at radius 2 is 2.25 bits per heavy atom. The first-order valence-corrected chi connectivity index (χ1v) is 5.76. The molecule has 0 aliphatic rings. The molecule has 0 saturated carbocycles. The van der Waals surface area contributed by atoms with Crippen LogP contribution in [0, 0.1) is 0 Å². The maximum Gasteiger partial charge on any atom is 0.356 e. The van der Waals surface area contributed by atoms with E-state index in [2.05, 4.69) is 25.1 Å². The number of halogens is 1. The Labute approximate surface area is 116 Å². The third-order valence-corrected chi connectivity index (χ3v) is 2.76. The van der Waals surface area contributed by atoms with Gasteiger partial charge in [-0.15, -0.1) is 0 Å². The van der Waals surface area contributed by atoms with Gasteiger partial charge in [0.05, 0.1) is 11.3 Å². The highest BCUT2D eigenvalue weighted by atomic mass is 35.5. The molecule has 100 valence electrons. The van der Waals surface area contributed by atoms with E-state index < -0.39 is 5.97 Å². The first-order chi connectivity index (χ1) is 9.66. The van der Waals surface area contributed by atoms with Crippen molar-refractivity contribution in [3.63, 3.8) is 0 Å². The van der Waals surface area contributed by atoms with E-state index in [9.17, 15) is 4.79 Å². The van der Waals surface area contributed by atoms with Gasteiger partial charge in [-0.3, -0.25) is 4.98 Å². The molecule has 3 aromatic heterocycles. The summed E-state index contributed by atoms with van der Waals surface area (Å²) in [5.74, 6) is -1.04. The van der Waals surface area contributed by atoms with Crippen LogP contribution in [0.25, 0.3) is 23.1 Å². The number of carboxylic acids is 1. The molecule has 3 aromatic rings. The summed E-state index contributed by atoms with van der Waals surface area (Å²) in [7, 11) is 0. The van der Waals surface area contributed by atoms with Gasteiger partial charge >= 0.3 is 5.97 Å². The van der Waals surface area contributed by atoms with E-state index in [1.807, 2.05) is 0 Å². The number of hydrogen-bond donors (Lipinski definition) is 2. The van der Waals surface area contributed by atoms with E-state index in [1.165, 1.54) is 12.5 Å². The van der Waals surface area contributed by atoms with Crippen LogP contribution < -0.4 is 0 Å². The second-order valence-electron chi connectivity index (χ2n) is 3.69. The van der Waals surface area contributed by atoms with Crippen LogP contribution in [-0.2, 0) is 0 Å². The predicted octanol–water partition coefficient (Wildman–Crippen LogP) is 1.87. The van der Waals surface area contributed by atoms with Crippen LogP contribution in [0.1, 0.15) is 10.5 Å². The standard InChI is InChI=1S/C11H6ClN5O3/c12-5-2-1-3-13-6(5)9-16-10(20-17-9)7-8(11(18)19)15-4-14-7/h1-4H,(H,14,15)(H,18,19). The van der Waals surface area contributed by atoms with Crippen LogP contribution in [-0.4, -0.2) is 36.2 Å². The zero-order valence-corrected chi connectivity index (χ0v) is 10.5. The second kappa shape index (κ2) is 4.74. The highest BCUT2D eigenvalue weighted by Crippen LogP contribution is 2.25. The molecule has 3 heterocycles. The summed E-state index contributed by atoms with van der Waals surface area (Å²) < 4.78 is 5.01. The number of aromatic amines is 1. The van der Waals surface area contributed by atoms with Crippen LogP contribution in [0.15, 0.2) is 29.2 Å². The van der Waals surface area contributed by atoms with Crippen molar-refractivity contribution in [2.45, 2.75) is 0 Å². The highest BCUT2D eigenvalue weighted by molar-refractivity contribution is 6.32. The number of hydrogen-bond acceptors (Lipinski definition) is 6. The molecule has 2 N–H and O–H groups in total. The first kappa shape index (κ1) is 12.3. The summed E-state index contributed by atoms with van der Waals surface area (Å²) >= 11 is 5.98. The van der Waals surface area contributed by atoms with Crippen molar-refractivity contribution in [3.8, 4) is 23.1 Å². The fourth-order valence-corrected chi connectivity index (χ4v) is 1.80. The average molecular weight is 292 g/mol. The minimum atomic E-state index is -1.20. The van der Waals surface area contributed by atoms with E-state index in [4.69, 9.17) is 21.2 Å². The monoisotopic (exact) mass is 291 g/mol. The molecule has 0 aliphatic heterocycles. The largest absolute Gasteiger partial charge is 0.476 e. The van der Waals surface area contributed by atoms with Crippen LogP contribution in [0.4, 0.5) is 0 Å². The molecule has 20 heavy (non-hydrogen) atoms. The number of aromatic carboxylic acids is 1. The first-order valence-electron chi connectivity index (χ1n) is 5.38. The third-order valence-electron chi connectivity index (χ3n) is 2.45. The average Bonchev–Trinajstić information content (AvgIpc) is 3.07. The van der Waals surface area contributed by atoms with Gasteiger partial charge in [-0.1, -0.05) is 16.8 Å². The summed E-state index contributed by atoms with van der Waals surface area (Å²) in [4.78, 5) is 25.4. The summed E-state index contributed by atoms with van der Waals surface area (Å²) in [6.45, 7) is 0. The highest BCUT2D eigenvalue weighted by Gasteiger charge is 2.21. The maximum atomic E-state index is 11.0. The van der Waals surface area contributed by atoms with Crippen LogP contribution >= 0.6 is 11.6 Å². The number of imidazole rings is 1. The zero-order chi connectivity index (χ0) is 14.1. The Morgan fingerprint density at radius 3 is 3.00 bits per heavy atom. The summed E-state index contributed by atoms with van der Waals surface area (Å²) in [6, 6.07) is 3.31. The molecule has 3 rings (SSSR count). The molecule has 0 radical (unpaired) electrons. The molecule has 0 bridgehead atoms. The Bertz CT molecular complexity index is 782. The fourth-order valence-electron chi connectivity index (χ4n) is 1.59. The van der Waals surface area contributed by atoms with Gasteiger partial charge < -0.3 is 14.6 Å². The smallest absolute Gasteiger partial charge is 0.356 e. The van der Waals surface area contributed by atoms with Crippen molar-refractivity contribution in [2.75, 3.05) is 0 Å². The molecule has 0 unspecified atom stereocenters. The van der Waals surface area contributed by atoms with E-state index in [0.29, 0.717) is 10.7 Å². The molecular formula is C11H6ClN5O3. The van der Waals surface area contributed by atoms with Crippen LogP contribution in [0.2, 0.25) is 5.02 Å². The Balaban J connectivity index is 2.05. The van der Waals surface area contributed by atoms with Gasteiger partial charge in [-0.2, -0.15) is 4.98 Å². The van der Waals surface area contributed by atoms with Gasteiger partial charge in [0.15, 0.2) is 5.69 Å². The topological polar surface area (TPSA) is 118 Å². The number of carbonyl (C=O) groups is 1. The number of pyridine rings is 1. The molecule has 0 atom stereocenters. The number of H-pyrrole nitrogens is 1. The summed E-state index contributed by atoms with van der Waals surface area (Å²) in [6.07, 6.45) is 2.77. The van der Waals surface area contributed by atoms with Crippen molar-refractivity contribution in [1.29, 1.82) is 0 Å². The number of nitrogens with zero attached hydrogens (tertiary/aromatic N) is 4. The SMILES string of the molecule is O=C(O)c1nc[nH]c1-c1nc(-c2ncccc2Cl)no1. The Morgan fingerprint density at radius 1 is 1.40 bits per heavy atom. The van der Waals surface area contributed by atoms with Gasteiger partial charge in [-0.25, -0.2) is 9.78 Å². The number of rotatable bonds is 3. The van der Waals surface area contributed by atoms with E-state index in [0.717, 1.165) is 0 Å². The molecule has 0 spiro atoms. The quantitative estimate of drug-likeness (QED) is 0.756. The maximum absolute atomic E-state index is 11.0. The molecule has 0 saturated heterocycles. The minimum Gasteiger partial charge on any atom is -0.476 e. The van der Waals surface area contributed by atoms with E-state index in [1.54, 1.807) is 12.1 Å². The third kappa shape index (κ3) is 2.01. The van der Waals surface area contributed by atoms with Crippen LogP contribution in [0.3, 0.4) is 0 Å². The Kier molecular flexibility index (Phi) is 2.92. The van der Waals surface area contributed by atoms with Gasteiger partial charge in [0.25, 0.3) is 5.89 Å². The normalized spacial score (nSPS) is 10.7. The van der Waals surface area contributed by atoms with Crippen molar-refractivity contribution < 1.29 is 14.4 Å². The second-order valence-corrected chi connectivity index (χ2v) is 4.10. The van der Waals surface area contributed by atoms with Gasteiger partial charge in [0.1, 0.15) is 11.4 Å². The van der Waals surface area contributed by atoms with Gasteiger partial charge in [0.2, 0.25) is 5.82 Å². The van der Waals surface area contributed by atoms with E-state index in [-0.39, 0.29) is 23.1 Å². The molecule has 0 fully saturated rings. The minimum absolute atomic E-state index is 0.00313. The molecule has 0 aliphatic carbocycles. The molecule has 9 heteroatoms. The molecule has 0 aromatic carbocycles. The Hall–Kier alpha value is -2.74. The predicted molar refractivity (Wildman–Crippen MR) is 67.1 cm³/mol. The van der Waals surface area contributed by atoms with Crippen molar-refractivity contribution in [2.24, 2.45) is 0 Å². The number of nitrogens with one attached hydrogen (secondary N) is 1. The lowest BCUT2D eigenvalue weighted by atomic mass is 10.3. The zero-order valence-electron chi connectivity index (χ0n) is 9.74. The molecular weight excluding hydrogens is 286 g/mol. The lowest BCUT2D eigenvalue weighted by Crippen LogP contribution is -1.99. The lowest BCUT2D eigenvalue weighted by Gasteiger charge is -1.94. The van der Waals surface area contributed by atoms with E-state index >= 15 is 0 Å². The van der Waals surface area contributed by atoms with Crippen molar-refractivity contribution in [3.05, 3.63) is 35.4 Å². The summed E-state index contributed by atoms with van der Waals surface area (Å²) in [5.41, 5.74) is 0.274. The molecule has 8 nitrogen and oxygen atoms in total. The van der Waals surface area contributed by atoms with Gasteiger partial charge in [-0.05, 0) is 12.1 Å². The lowest BCUT2D eigenvalue weighted by molar-refractivity contribution is 0.0691. The van der Waals surface area contributed by atoms with Crippen molar-refractivity contribution >= 4 is 17.6 Å². The fraction of sp³-hybridized carbons (Fsp3) is 0. The number of aromatic nitrogens is 5. The van der Waals surface area contributed by atoms with Crippen molar-refractivity contribution in [1.82, 2.24) is 25.1 Å². The summed E-state index contributed by atoms with van der Waals surface area (Å²) in [5, 5.41) is 13.1. The van der Waals surface area contributed by atoms with Gasteiger partial charge in [0, 0.05) is 6.20 Å².